The molecule has 2 rings (SSSR count). The molecule has 1 heterocycles. The van der Waals surface area contributed by atoms with Crippen molar-refractivity contribution in [3.8, 4) is 5.75 Å². The number of hydrogen-bond donors (Lipinski definition) is 1. The van der Waals surface area contributed by atoms with Crippen molar-refractivity contribution >= 4 is 11.6 Å². The summed E-state index contributed by atoms with van der Waals surface area (Å²) in [7, 11) is 1.93. The quantitative estimate of drug-likeness (QED) is 0.811. The zero-order chi connectivity index (χ0) is 10.1. The van der Waals surface area contributed by atoms with Gasteiger partial charge in [0.25, 0.3) is 0 Å². The maximum Gasteiger partial charge on any atom is 0.141 e. The van der Waals surface area contributed by atoms with Crippen LogP contribution in [-0.4, -0.2) is 13.2 Å². The maximum absolute atomic E-state index is 6.12. The van der Waals surface area contributed by atoms with E-state index in [2.05, 4.69) is 18.3 Å². The Bertz CT molecular complexity index is 351. The minimum Gasteiger partial charge on any atom is -0.489 e. The molecule has 0 spiro atoms. The summed E-state index contributed by atoms with van der Waals surface area (Å²) in [6.07, 6.45) is 1.22. The van der Waals surface area contributed by atoms with Gasteiger partial charge in [-0.1, -0.05) is 17.7 Å². The van der Waals surface area contributed by atoms with Gasteiger partial charge in [0, 0.05) is 13.0 Å². The minimum absolute atomic E-state index is 0.257. The van der Waals surface area contributed by atoms with Crippen LogP contribution >= 0.6 is 11.6 Å². The van der Waals surface area contributed by atoms with Gasteiger partial charge in [0.15, 0.2) is 0 Å². The van der Waals surface area contributed by atoms with Crippen LogP contribution in [0.5, 0.6) is 5.75 Å². The van der Waals surface area contributed by atoms with Gasteiger partial charge < -0.3 is 10.1 Å². The molecular weight excluding hydrogens is 198 g/mol. The highest BCUT2D eigenvalue weighted by Gasteiger charge is 2.22. The molecular formula is C11H14ClNO. The van der Waals surface area contributed by atoms with Crippen molar-refractivity contribution in [2.75, 3.05) is 7.05 Å². The number of rotatable bonds is 2. The third-order valence-corrected chi connectivity index (χ3v) is 2.67. The van der Waals surface area contributed by atoms with E-state index in [0.717, 1.165) is 23.7 Å². The molecule has 0 saturated carbocycles. The Morgan fingerprint density at radius 2 is 2.36 bits per heavy atom. The third kappa shape index (κ3) is 1.72. The minimum atomic E-state index is 0.257. The molecule has 0 amide bonds. The number of hydrogen-bond acceptors (Lipinski definition) is 2. The molecule has 1 unspecified atom stereocenters. The van der Waals surface area contributed by atoms with Crippen LogP contribution in [0.2, 0.25) is 5.02 Å². The van der Waals surface area contributed by atoms with Gasteiger partial charge in [-0.25, -0.2) is 0 Å². The fraction of sp³-hybridized carbons (Fsp3) is 0.455. The van der Waals surface area contributed by atoms with Crippen LogP contribution in [0.4, 0.5) is 0 Å². The highest BCUT2D eigenvalue weighted by Crippen LogP contribution is 2.36. The standard InChI is InChI=1S/C11H14ClNO/c1-7-3-9-4-8(6-13-2)5-10(12)11(9)14-7/h4-5,7,13H,3,6H2,1-2H3. The van der Waals surface area contributed by atoms with Crippen molar-refractivity contribution in [2.45, 2.75) is 26.0 Å². The van der Waals surface area contributed by atoms with Crippen molar-refractivity contribution in [3.63, 3.8) is 0 Å². The molecule has 1 N–H and O–H groups in total. The van der Waals surface area contributed by atoms with Gasteiger partial charge in [-0.3, -0.25) is 0 Å². The largest absolute Gasteiger partial charge is 0.489 e. The number of ether oxygens (including phenoxy) is 1. The first-order valence-electron chi connectivity index (χ1n) is 4.83. The summed E-state index contributed by atoms with van der Waals surface area (Å²) in [5.41, 5.74) is 2.45. The summed E-state index contributed by atoms with van der Waals surface area (Å²) >= 11 is 6.12. The van der Waals surface area contributed by atoms with Crippen molar-refractivity contribution < 1.29 is 4.74 Å². The van der Waals surface area contributed by atoms with E-state index in [4.69, 9.17) is 16.3 Å². The van der Waals surface area contributed by atoms with Crippen molar-refractivity contribution in [1.29, 1.82) is 0 Å². The molecule has 1 aliphatic heterocycles. The highest BCUT2D eigenvalue weighted by atomic mass is 35.5. The lowest BCUT2D eigenvalue weighted by molar-refractivity contribution is 0.255. The predicted molar refractivity (Wildman–Crippen MR) is 58.0 cm³/mol. The molecule has 0 saturated heterocycles. The average molecular weight is 212 g/mol. The molecule has 14 heavy (non-hydrogen) atoms. The first-order valence-corrected chi connectivity index (χ1v) is 5.21. The van der Waals surface area contributed by atoms with Gasteiger partial charge in [0.05, 0.1) is 5.02 Å². The van der Waals surface area contributed by atoms with Crippen LogP contribution in [-0.2, 0) is 13.0 Å². The van der Waals surface area contributed by atoms with E-state index in [-0.39, 0.29) is 6.10 Å². The van der Waals surface area contributed by atoms with Crippen LogP contribution in [0.3, 0.4) is 0 Å². The Morgan fingerprint density at radius 1 is 1.57 bits per heavy atom. The zero-order valence-electron chi connectivity index (χ0n) is 8.43. The molecule has 1 atom stereocenters. The highest BCUT2D eigenvalue weighted by molar-refractivity contribution is 6.32. The van der Waals surface area contributed by atoms with Gasteiger partial charge in [0.2, 0.25) is 0 Å². The lowest BCUT2D eigenvalue weighted by Crippen LogP contribution is -2.05. The van der Waals surface area contributed by atoms with Gasteiger partial charge >= 0.3 is 0 Å². The normalized spacial score (nSPS) is 19.2. The summed E-state index contributed by atoms with van der Waals surface area (Å²) in [4.78, 5) is 0. The van der Waals surface area contributed by atoms with Crippen LogP contribution in [0, 0.1) is 0 Å². The molecule has 0 aliphatic carbocycles. The average Bonchev–Trinajstić information content (AvgIpc) is 2.47. The van der Waals surface area contributed by atoms with Crippen LogP contribution < -0.4 is 10.1 Å². The summed E-state index contributed by atoms with van der Waals surface area (Å²) < 4.78 is 5.62. The lowest BCUT2D eigenvalue weighted by atomic mass is 10.1. The van der Waals surface area contributed by atoms with Crippen molar-refractivity contribution in [2.24, 2.45) is 0 Å². The zero-order valence-corrected chi connectivity index (χ0v) is 9.19. The Morgan fingerprint density at radius 3 is 3.07 bits per heavy atom. The van der Waals surface area contributed by atoms with Gasteiger partial charge in [0.1, 0.15) is 11.9 Å². The summed E-state index contributed by atoms with van der Waals surface area (Å²) in [6.45, 7) is 2.91. The smallest absolute Gasteiger partial charge is 0.141 e. The second-order valence-corrected chi connectivity index (χ2v) is 4.14. The molecule has 0 radical (unpaired) electrons. The van der Waals surface area contributed by atoms with E-state index >= 15 is 0 Å². The van der Waals surface area contributed by atoms with Crippen molar-refractivity contribution in [3.05, 3.63) is 28.3 Å². The molecule has 0 bridgehead atoms. The Kier molecular flexibility index (Phi) is 2.66. The van der Waals surface area contributed by atoms with E-state index in [0.29, 0.717) is 0 Å². The van der Waals surface area contributed by atoms with Crippen LogP contribution in [0.15, 0.2) is 12.1 Å². The molecule has 1 aliphatic rings. The second-order valence-electron chi connectivity index (χ2n) is 3.73. The van der Waals surface area contributed by atoms with E-state index in [1.54, 1.807) is 0 Å². The molecule has 2 nitrogen and oxygen atoms in total. The number of benzene rings is 1. The Labute approximate surface area is 89.2 Å². The molecule has 1 aromatic carbocycles. The molecule has 0 aromatic heterocycles. The first-order chi connectivity index (χ1) is 6.70. The summed E-state index contributed by atoms with van der Waals surface area (Å²) in [5.74, 6) is 0.874. The SMILES string of the molecule is CNCc1cc(Cl)c2c(c1)CC(C)O2. The van der Waals surface area contributed by atoms with Crippen LogP contribution in [0.1, 0.15) is 18.1 Å². The monoisotopic (exact) mass is 211 g/mol. The first kappa shape index (κ1) is 9.81. The predicted octanol–water partition coefficient (Wildman–Crippen LogP) is 2.38. The number of halogens is 1. The lowest BCUT2D eigenvalue weighted by Gasteiger charge is -2.06. The number of fused-ring (bicyclic) bond motifs is 1. The molecule has 76 valence electrons. The number of nitrogens with one attached hydrogen (secondary N) is 1. The third-order valence-electron chi connectivity index (χ3n) is 2.39. The summed E-state index contributed by atoms with van der Waals surface area (Å²) in [6, 6.07) is 4.14. The van der Waals surface area contributed by atoms with Crippen molar-refractivity contribution in [1.82, 2.24) is 5.32 Å². The van der Waals surface area contributed by atoms with Gasteiger partial charge in [-0.15, -0.1) is 0 Å². The van der Waals surface area contributed by atoms with E-state index in [9.17, 15) is 0 Å². The second kappa shape index (κ2) is 3.79. The molecule has 1 aromatic rings. The summed E-state index contributed by atoms with van der Waals surface area (Å²) in [5, 5.41) is 3.85. The fourth-order valence-electron chi connectivity index (χ4n) is 1.86. The van der Waals surface area contributed by atoms with E-state index < -0.39 is 0 Å². The Balaban J connectivity index is 2.36. The molecule has 3 heteroatoms. The van der Waals surface area contributed by atoms with E-state index in [1.807, 2.05) is 13.1 Å². The Hall–Kier alpha value is -0.730. The molecule has 0 fully saturated rings. The van der Waals surface area contributed by atoms with E-state index in [1.165, 1.54) is 11.1 Å². The van der Waals surface area contributed by atoms with Gasteiger partial charge in [-0.05, 0) is 31.2 Å². The maximum atomic E-state index is 6.12. The van der Waals surface area contributed by atoms with Crippen LogP contribution in [0.25, 0.3) is 0 Å². The topological polar surface area (TPSA) is 21.3 Å². The van der Waals surface area contributed by atoms with Gasteiger partial charge in [-0.2, -0.15) is 0 Å². The fourth-order valence-corrected chi connectivity index (χ4v) is 2.16.